The first-order valence-corrected chi connectivity index (χ1v) is 9.80. The lowest BCUT2D eigenvalue weighted by atomic mass is 9.88. The highest BCUT2D eigenvalue weighted by atomic mass is 127. The molecular formula is C18H29IN4OS. The molecule has 0 spiro atoms. The lowest BCUT2D eigenvalue weighted by Crippen LogP contribution is -2.46. The van der Waals surface area contributed by atoms with Gasteiger partial charge in [0.25, 0.3) is 0 Å². The molecule has 0 heterocycles. The Hall–Kier alpha value is -0.960. The average Bonchev–Trinajstić information content (AvgIpc) is 2.59. The van der Waals surface area contributed by atoms with Gasteiger partial charge in [-0.3, -0.25) is 4.79 Å². The summed E-state index contributed by atoms with van der Waals surface area (Å²) < 4.78 is 0. The lowest BCUT2D eigenvalue weighted by Gasteiger charge is -2.27. The van der Waals surface area contributed by atoms with Crippen LogP contribution < -0.4 is 10.6 Å². The van der Waals surface area contributed by atoms with E-state index >= 15 is 0 Å². The van der Waals surface area contributed by atoms with Crippen molar-refractivity contribution in [3.8, 4) is 0 Å². The van der Waals surface area contributed by atoms with Crippen LogP contribution in [0, 0.1) is 0 Å². The van der Waals surface area contributed by atoms with Gasteiger partial charge in [-0.1, -0.05) is 24.3 Å². The average molecular weight is 476 g/mol. The van der Waals surface area contributed by atoms with Crippen molar-refractivity contribution in [3.05, 3.63) is 35.4 Å². The number of rotatable bonds is 6. The molecule has 0 bridgehead atoms. The number of carbonyl (C=O) groups excluding carboxylic acids is 1. The molecule has 7 heteroatoms. The number of guanidine groups is 1. The minimum Gasteiger partial charge on any atom is -0.356 e. The molecule has 1 amide bonds. The number of aliphatic imine (C=N–C) groups is 1. The molecule has 0 saturated carbocycles. The number of likely N-dealkylation sites (N-methyl/N-ethyl adjacent to an activating group) is 1. The predicted octanol–water partition coefficient (Wildman–Crippen LogP) is 2.15. The summed E-state index contributed by atoms with van der Waals surface area (Å²) in [7, 11) is 3.51. The van der Waals surface area contributed by atoms with Gasteiger partial charge in [-0.2, -0.15) is 11.8 Å². The van der Waals surface area contributed by atoms with Gasteiger partial charge in [-0.05, 0) is 36.6 Å². The molecule has 1 aromatic rings. The third-order valence-corrected chi connectivity index (χ3v) is 4.77. The van der Waals surface area contributed by atoms with E-state index in [0.29, 0.717) is 6.04 Å². The molecule has 140 valence electrons. The van der Waals surface area contributed by atoms with Crippen LogP contribution in [0.5, 0.6) is 0 Å². The van der Waals surface area contributed by atoms with Crippen molar-refractivity contribution >= 4 is 47.6 Å². The van der Waals surface area contributed by atoms with Gasteiger partial charge in [0.15, 0.2) is 5.96 Å². The van der Waals surface area contributed by atoms with Gasteiger partial charge in [0, 0.05) is 32.4 Å². The largest absolute Gasteiger partial charge is 0.356 e. The van der Waals surface area contributed by atoms with Crippen LogP contribution in [-0.2, 0) is 17.6 Å². The van der Waals surface area contributed by atoms with Crippen molar-refractivity contribution in [2.45, 2.75) is 25.3 Å². The number of thioether (sulfide) groups is 1. The minimum absolute atomic E-state index is 0. The second-order valence-electron chi connectivity index (χ2n) is 6.23. The van der Waals surface area contributed by atoms with E-state index < -0.39 is 0 Å². The number of hydrogen-bond donors (Lipinski definition) is 2. The molecule has 1 aliphatic carbocycles. The maximum absolute atomic E-state index is 11.8. The van der Waals surface area contributed by atoms with E-state index in [2.05, 4.69) is 46.1 Å². The Kier molecular flexibility index (Phi) is 10.3. The molecule has 1 atom stereocenters. The summed E-state index contributed by atoms with van der Waals surface area (Å²) in [5, 5.41) is 6.84. The fourth-order valence-electron chi connectivity index (χ4n) is 2.73. The molecule has 0 aliphatic heterocycles. The fraction of sp³-hybridized carbons (Fsp3) is 0.556. The van der Waals surface area contributed by atoms with Crippen LogP contribution in [0.3, 0.4) is 0 Å². The van der Waals surface area contributed by atoms with Crippen molar-refractivity contribution < 1.29 is 4.79 Å². The van der Waals surface area contributed by atoms with Gasteiger partial charge in [-0.15, -0.1) is 24.0 Å². The van der Waals surface area contributed by atoms with Crippen molar-refractivity contribution in [1.82, 2.24) is 15.5 Å². The van der Waals surface area contributed by atoms with Crippen LogP contribution in [0.2, 0.25) is 0 Å². The van der Waals surface area contributed by atoms with E-state index in [0.717, 1.165) is 37.5 Å². The van der Waals surface area contributed by atoms with Crippen molar-refractivity contribution in [2.75, 3.05) is 39.2 Å². The number of benzene rings is 1. The third kappa shape index (κ3) is 7.43. The molecule has 2 rings (SSSR count). The van der Waals surface area contributed by atoms with Crippen LogP contribution in [0.4, 0.5) is 0 Å². The van der Waals surface area contributed by atoms with Crippen molar-refractivity contribution in [1.29, 1.82) is 0 Å². The van der Waals surface area contributed by atoms with E-state index in [4.69, 9.17) is 0 Å². The van der Waals surface area contributed by atoms with Crippen LogP contribution in [-0.4, -0.2) is 62.0 Å². The predicted molar refractivity (Wildman–Crippen MR) is 118 cm³/mol. The summed E-state index contributed by atoms with van der Waals surface area (Å²) in [5.74, 6) is 1.76. The smallest absolute Gasteiger partial charge is 0.243 e. The SMILES string of the molecule is CSCCNC(=NCC(=O)N(C)C)NC1CCc2ccccc2C1.I. The first kappa shape index (κ1) is 22.1. The number of fused-ring (bicyclic) bond motifs is 1. The van der Waals surface area contributed by atoms with Gasteiger partial charge in [0.2, 0.25) is 5.91 Å². The minimum atomic E-state index is 0. The second-order valence-corrected chi connectivity index (χ2v) is 7.21. The third-order valence-electron chi connectivity index (χ3n) is 4.16. The van der Waals surface area contributed by atoms with E-state index in [-0.39, 0.29) is 36.4 Å². The Labute approximate surface area is 172 Å². The Balaban J connectivity index is 0.00000312. The molecule has 0 saturated heterocycles. The normalized spacial score (nSPS) is 16.4. The number of halogens is 1. The highest BCUT2D eigenvalue weighted by Crippen LogP contribution is 2.20. The maximum Gasteiger partial charge on any atom is 0.243 e. The fourth-order valence-corrected chi connectivity index (χ4v) is 3.03. The first-order valence-electron chi connectivity index (χ1n) is 8.41. The molecule has 1 unspecified atom stereocenters. The Morgan fingerprint density at radius 2 is 2.04 bits per heavy atom. The summed E-state index contributed by atoms with van der Waals surface area (Å²) in [5.41, 5.74) is 2.86. The van der Waals surface area contributed by atoms with Crippen LogP contribution in [0.25, 0.3) is 0 Å². The molecule has 25 heavy (non-hydrogen) atoms. The van der Waals surface area contributed by atoms with Crippen LogP contribution in [0.1, 0.15) is 17.5 Å². The zero-order chi connectivity index (χ0) is 17.4. The van der Waals surface area contributed by atoms with E-state index in [1.807, 2.05) is 0 Å². The highest BCUT2D eigenvalue weighted by Gasteiger charge is 2.19. The number of hydrogen-bond acceptors (Lipinski definition) is 3. The maximum atomic E-state index is 11.8. The Morgan fingerprint density at radius 3 is 2.72 bits per heavy atom. The standard InChI is InChI=1S/C18H28N4OS.HI/c1-22(2)17(23)13-20-18(19-10-11-24-3)21-16-9-8-14-6-4-5-7-15(14)12-16;/h4-7,16H,8-13H2,1-3H3,(H2,19,20,21);1H. The summed E-state index contributed by atoms with van der Waals surface area (Å²) in [6, 6.07) is 8.98. The Bertz CT molecular complexity index is 580. The van der Waals surface area contributed by atoms with Gasteiger partial charge in [0.05, 0.1) is 0 Å². The molecule has 1 aliphatic rings. The molecule has 1 aromatic carbocycles. The summed E-state index contributed by atoms with van der Waals surface area (Å²) >= 11 is 1.79. The number of carbonyl (C=O) groups is 1. The summed E-state index contributed by atoms with van der Waals surface area (Å²) in [6.07, 6.45) is 5.25. The number of nitrogens with zero attached hydrogens (tertiary/aromatic N) is 2. The molecular weight excluding hydrogens is 447 g/mol. The van der Waals surface area contributed by atoms with Crippen molar-refractivity contribution in [3.63, 3.8) is 0 Å². The monoisotopic (exact) mass is 476 g/mol. The van der Waals surface area contributed by atoms with Crippen LogP contribution in [0.15, 0.2) is 29.3 Å². The topological polar surface area (TPSA) is 56.7 Å². The second kappa shape index (κ2) is 11.6. The number of aryl methyl sites for hydroxylation is 1. The van der Waals surface area contributed by atoms with E-state index in [9.17, 15) is 4.79 Å². The molecule has 2 N–H and O–H groups in total. The van der Waals surface area contributed by atoms with Crippen LogP contribution >= 0.6 is 35.7 Å². The van der Waals surface area contributed by atoms with E-state index in [1.54, 1.807) is 30.8 Å². The van der Waals surface area contributed by atoms with Gasteiger partial charge >= 0.3 is 0 Å². The zero-order valence-corrected chi connectivity index (χ0v) is 18.4. The first-order chi connectivity index (χ1) is 11.6. The lowest BCUT2D eigenvalue weighted by molar-refractivity contribution is -0.127. The number of nitrogens with one attached hydrogen (secondary N) is 2. The Morgan fingerprint density at radius 1 is 1.32 bits per heavy atom. The van der Waals surface area contributed by atoms with Gasteiger partial charge in [-0.25, -0.2) is 4.99 Å². The molecule has 5 nitrogen and oxygen atoms in total. The molecule has 0 fully saturated rings. The number of amides is 1. The highest BCUT2D eigenvalue weighted by molar-refractivity contribution is 14.0. The summed E-state index contributed by atoms with van der Waals surface area (Å²) in [4.78, 5) is 17.8. The molecule has 0 aromatic heterocycles. The quantitative estimate of drug-likeness (QED) is 0.286. The molecule has 0 radical (unpaired) electrons. The van der Waals surface area contributed by atoms with Gasteiger partial charge in [0.1, 0.15) is 6.54 Å². The zero-order valence-electron chi connectivity index (χ0n) is 15.2. The van der Waals surface area contributed by atoms with Crippen molar-refractivity contribution in [2.24, 2.45) is 4.99 Å². The summed E-state index contributed by atoms with van der Waals surface area (Å²) in [6.45, 7) is 1.01. The van der Waals surface area contributed by atoms with E-state index in [1.165, 1.54) is 11.1 Å². The van der Waals surface area contributed by atoms with Gasteiger partial charge < -0.3 is 15.5 Å².